The van der Waals surface area contributed by atoms with Crippen LogP contribution in [0.25, 0.3) is 0 Å². The van der Waals surface area contributed by atoms with Crippen molar-refractivity contribution in [3.8, 4) is 0 Å². The van der Waals surface area contributed by atoms with Crippen LogP contribution in [0.2, 0.25) is 0 Å². The van der Waals surface area contributed by atoms with Gasteiger partial charge in [0.25, 0.3) is 0 Å². The van der Waals surface area contributed by atoms with Gasteiger partial charge in [-0.1, -0.05) is 12.2 Å². The molecule has 0 amide bonds. The van der Waals surface area contributed by atoms with Gasteiger partial charge in [0, 0.05) is 6.54 Å². The molecule has 0 spiro atoms. The molecule has 0 fully saturated rings. The predicted octanol–water partition coefficient (Wildman–Crippen LogP) is 0.683. The molecule has 0 rings (SSSR count). The third-order valence-corrected chi connectivity index (χ3v) is 0.304. The zero-order valence-corrected chi connectivity index (χ0v) is 3.31. The summed E-state index contributed by atoms with van der Waals surface area (Å²) >= 11 is 0. The summed E-state index contributed by atoms with van der Waals surface area (Å²) in [5.74, 6) is 0. The summed E-state index contributed by atoms with van der Waals surface area (Å²) in [4.78, 5) is 0. The largest absolute Gasteiger partial charge is 0.323 e. The molecule has 1 radical (unpaired) electrons. The highest BCUT2D eigenvalue weighted by Gasteiger charge is 1.52. The Labute approximate surface area is 32.5 Å². The smallest absolute Gasteiger partial charge is 0.0414 e. The lowest BCUT2D eigenvalue weighted by molar-refractivity contribution is 1.43. The molecular weight excluding hydrogens is 62.1 g/mol. The standard InChI is InChI=1S/C4H8N/c1-2-3-4-5/h2-4H,5H2,1H3/b3-2+. The van der Waals surface area contributed by atoms with Gasteiger partial charge in [-0.05, 0) is 6.92 Å². The number of rotatable bonds is 1. The second kappa shape index (κ2) is 3.70. The van der Waals surface area contributed by atoms with Crippen molar-refractivity contribution >= 4 is 0 Å². The summed E-state index contributed by atoms with van der Waals surface area (Å²) in [6, 6.07) is 0. The normalized spacial score (nSPS) is 10.0. The Morgan fingerprint density at radius 3 is 2.20 bits per heavy atom. The molecular formula is C4H8N. The molecule has 0 saturated heterocycles. The van der Waals surface area contributed by atoms with Crippen LogP contribution < -0.4 is 5.73 Å². The first-order valence-corrected chi connectivity index (χ1v) is 1.58. The van der Waals surface area contributed by atoms with Gasteiger partial charge >= 0.3 is 0 Å². The highest BCUT2D eigenvalue weighted by atomic mass is 14.5. The van der Waals surface area contributed by atoms with E-state index in [1.807, 2.05) is 13.0 Å². The van der Waals surface area contributed by atoms with Gasteiger partial charge in [-0.15, -0.1) is 0 Å². The fourth-order valence-corrected chi connectivity index (χ4v) is 0.111. The highest BCUT2D eigenvalue weighted by Crippen LogP contribution is 1.63. The van der Waals surface area contributed by atoms with E-state index in [9.17, 15) is 0 Å². The summed E-state index contributed by atoms with van der Waals surface area (Å²) in [6.07, 6.45) is 3.65. The summed E-state index contributed by atoms with van der Waals surface area (Å²) in [7, 11) is 0. The Morgan fingerprint density at radius 1 is 1.60 bits per heavy atom. The molecule has 2 N–H and O–H groups in total. The summed E-state index contributed by atoms with van der Waals surface area (Å²) in [5.41, 5.74) is 4.93. The minimum Gasteiger partial charge on any atom is -0.323 e. The van der Waals surface area contributed by atoms with E-state index in [1.54, 1.807) is 6.08 Å². The Hall–Kier alpha value is -0.300. The molecule has 0 unspecified atom stereocenters. The highest BCUT2D eigenvalue weighted by molar-refractivity contribution is 4.86. The van der Waals surface area contributed by atoms with Crippen molar-refractivity contribution in [2.24, 2.45) is 5.73 Å². The van der Waals surface area contributed by atoms with Crippen molar-refractivity contribution in [3.63, 3.8) is 0 Å². The lowest BCUT2D eigenvalue weighted by atomic mass is 10.5. The fraction of sp³-hybridized carbons (Fsp3) is 0.250. The minimum absolute atomic E-state index is 1.50. The maximum Gasteiger partial charge on any atom is 0.0414 e. The van der Waals surface area contributed by atoms with Crippen molar-refractivity contribution < 1.29 is 0 Å². The molecule has 0 heterocycles. The zero-order valence-electron chi connectivity index (χ0n) is 3.31. The molecule has 1 nitrogen and oxygen atoms in total. The molecule has 0 aromatic heterocycles. The van der Waals surface area contributed by atoms with Crippen molar-refractivity contribution in [3.05, 3.63) is 18.7 Å². The quantitative estimate of drug-likeness (QED) is 0.482. The molecule has 0 saturated carbocycles. The molecule has 0 atom stereocenters. The first-order valence-electron chi connectivity index (χ1n) is 1.58. The van der Waals surface area contributed by atoms with Gasteiger partial charge in [0.05, 0.1) is 0 Å². The van der Waals surface area contributed by atoms with Crippen molar-refractivity contribution in [1.29, 1.82) is 0 Å². The third kappa shape index (κ3) is 3.70. The van der Waals surface area contributed by atoms with Gasteiger partial charge in [0.1, 0.15) is 0 Å². The number of hydrogen-bond donors (Lipinski definition) is 1. The second-order valence-corrected chi connectivity index (χ2v) is 0.718. The van der Waals surface area contributed by atoms with Gasteiger partial charge in [0.15, 0.2) is 0 Å². The molecule has 0 aliphatic carbocycles. The summed E-state index contributed by atoms with van der Waals surface area (Å²) in [5, 5.41) is 0. The van der Waals surface area contributed by atoms with E-state index in [-0.39, 0.29) is 0 Å². The van der Waals surface area contributed by atoms with Crippen molar-refractivity contribution in [1.82, 2.24) is 0 Å². The first-order chi connectivity index (χ1) is 2.41. The average molecular weight is 70.1 g/mol. The average Bonchev–Trinajstić information content (AvgIpc) is 1.41. The zero-order chi connectivity index (χ0) is 4.12. The Bertz CT molecular complexity index is 30.6. The van der Waals surface area contributed by atoms with Crippen LogP contribution in [-0.2, 0) is 0 Å². The van der Waals surface area contributed by atoms with E-state index in [0.717, 1.165) is 0 Å². The van der Waals surface area contributed by atoms with E-state index in [4.69, 9.17) is 5.73 Å². The Kier molecular flexibility index (Phi) is 3.48. The van der Waals surface area contributed by atoms with Crippen LogP contribution in [0.15, 0.2) is 12.2 Å². The molecule has 5 heavy (non-hydrogen) atoms. The Morgan fingerprint density at radius 2 is 2.20 bits per heavy atom. The molecule has 29 valence electrons. The fourth-order valence-electron chi connectivity index (χ4n) is 0.111. The molecule has 0 aromatic rings. The van der Waals surface area contributed by atoms with Crippen LogP contribution in [0, 0.1) is 6.54 Å². The monoisotopic (exact) mass is 70.1 g/mol. The van der Waals surface area contributed by atoms with Gasteiger partial charge in [-0.2, -0.15) is 0 Å². The van der Waals surface area contributed by atoms with Crippen LogP contribution in [0.4, 0.5) is 0 Å². The van der Waals surface area contributed by atoms with E-state index in [2.05, 4.69) is 0 Å². The third-order valence-electron chi connectivity index (χ3n) is 0.304. The molecule has 1 heteroatoms. The summed E-state index contributed by atoms with van der Waals surface area (Å²) < 4.78 is 0. The van der Waals surface area contributed by atoms with E-state index < -0.39 is 0 Å². The number of allylic oxidation sites excluding steroid dienone is 1. The van der Waals surface area contributed by atoms with Gasteiger partial charge in [-0.25, -0.2) is 0 Å². The maximum atomic E-state index is 4.93. The predicted molar refractivity (Wildman–Crippen MR) is 23.3 cm³/mol. The van der Waals surface area contributed by atoms with Crippen LogP contribution in [0.1, 0.15) is 6.92 Å². The minimum atomic E-state index is 1.50. The van der Waals surface area contributed by atoms with Crippen molar-refractivity contribution in [2.75, 3.05) is 0 Å². The number of nitrogens with two attached hydrogens (primary N) is 1. The SMILES string of the molecule is C/C=C/[CH]N. The lowest BCUT2D eigenvalue weighted by Gasteiger charge is -1.66. The molecule has 0 bridgehead atoms. The van der Waals surface area contributed by atoms with Gasteiger partial charge < -0.3 is 5.73 Å². The van der Waals surface area contributed by atoms with E-state index >= 15 is 0 Å². The van der Waals surface area contributed by atoms with Gasteiger partial charge in [-0.3, -0.25) is 0 Å². The topological polar surface area (TPSA) is 26.0 Å². The van der Waals surface area contributed by atoms with Crippen molar-refractivity contribution in [2.45, 2.75) is 6.92 Å². The Balaban J connectivity index is 2.62. The molecule has 0 aromatic carbocycles. The van der Waals surface area contributed by atoms with Gasteiger partial charge in [0.2, 0.25) is 0 Å². The van der Waals surface area contributed by atoms with Crippen LogP contribution in [0.5, 0.6) is 0 Å². The molecule has 0 aliphatic heterocycles. The van der Waals surface area contributed by atoms with E-state index in [1.165, 1.54) is 6.54 Å². The summed E-state index contributed by atoms with van der Waals surface area (Å²) in [6.45, 7) is 3.42. The van der Waals surface area contributed by atoms with Crippen LogP contribution in [-0.4, -0.2) is 0 Å². The maximum absolute atomic E-state index is 4.93. The first kappa shape index (κ1) is 4.70. The number of hydrogen-bond acceptors (Lipinski definition) is 1. The van der Waals surface area contributed by atoms with E-state index in [0.29, 0.717) is 0 Å². The second-order valence-electron chi connectivity index (χ2n) is 0.718. The lowest BCUT2D eigenvalue weighted by Crippen LogP contribution is -1.81. The van der Waals surface area contributed by atoms with Crippen LogP contribution >= 0.6 is 0 Å². The van der Waals surface area contributed by atoms with Crippen LogP contribution in [0.3, 0.4) is 0 Å². The molecule has 0 aliphatic rings.